The van der Waals surface area contributed by atoms with Crippen molar-refractivity contribution >= 4 is 44.8 Å². The molecule has 0 aliphatic rings. The zero-order valence-corrected chi connectivity index (χ0v) is 18.5. The fourth-order valence-electron chi connectivity index (χ4n) is 2.95. The highest BCUT2D eigenvalue weighted by Crippen LogP contribution is 2.34. The van der Waals surface area contributed by atoms with E-state index >= 15 is 0 Å². The molecule has 0 unspecified atom stereocenters. The van der Waals surface area contributed by atoms with Crippen molar-refractivity contribution in [1.82, 2.24) is 9.97 Å². The number of phenols is 1. The molecule has 32 heavy (non-hydrogen) atoms. The first-order chi connectivity index (χ1) is 15.4. The second-order valence-corrected chi connectivity index (χ2v) is 8.66. The summed E-state index contributed by atoms with van der Waals surface area (Å²) in [5, 5.41) is 27.9. The number of carboxylic acid groups (broad SMARTS) is 1. The molecule has 0 aliphatic carbocycles. The SMILES string of the molecule is Cc1nc(NC(=O)c2ccccc2)sc1-c1csc(NCc2ccc(C(=O)O)c(O)c2)n1. The number of aromatic hydroxyl groups is 1. The van der Waals surface area contributed by atoms with E-state index in [0.29, 0.717) is 22.4 Å². The molecule has 2 heterocycles. The minimum atomic E-state index is -1.18. The molecule has 0 radical (unpaired) electrons. The standard InChI is InChI=1S/C22H18N4O4S2/c1-12-18(32-22(24-12)26-19(28)14-5-3-2-4-6-14)16-11-31-21(25-16)23-10-13-7-8-15(20(29)30)17(27)9-13/h2-9,11,27H,10H2,1H3,(H,23,25)(H,29,30)(H,24,26,28). The summed E-state index contributed by atoms with van der Waals surface area (Å²) in [7, 11) is 0. The highest BCUT2D eigenvalue weighted by Gasteiger charge is 2.16. The molecule has 0 atom stereocenters. The van der Waals surface area contributed by atoms with Crippen molar-refractivity contribution in [2.45, 2.75) is 13.5 Å². The van der Waals surface area contributed by atoms with Crippen molar-refractivity contribution in [3.8, 4) is 16.3 Å². The summed E-state index contributed by atoms with van der Waals surface area (Å²) in [6.07, 6.45) is 0. The minimum absolute atomic E-state index is 0.138. The van der Waals surface area contributed by atoms with Crippen LogP contribution in [0, 0.1) is 6.92 Å². The number of carbonyl (C=O) groups excluding carboxylic acids is 1. The zero-order chi connectivity index (χ0) is 22.7. The van der Waals surface area contributed by atoms with Gasteiger partial charge in [0.25, 0.3) is 5.91 Å². The van der Waals surface area contributed by atoms with Gasteiger partial charge in [-0.2, -0.15) is 0 Å². The Morgan fingerprint density at radius 2 is 1.84 bits per heavy atom. The van der Waals surface area contributed by atoms with E-state index in [0.717, 1.165) is 21.8 Å². The fourth-order valence-corrected chi connectivity index (χ4v) is 4.65. The maximum Gasteiger partial charge on any atom is 0.339 e. The average Bonchev–Trinajstić information content (AvgIpc) is 3.38. The number of nitrogens with zero attached hydrogens (tertiary/aromatic N) is 2. The van der Waals surface area contributed by atoms with E-state index in [1.807, 2.05) is 18.4 Å². The third-order valence-electron chi connectivity index (χ3n) is 4.53. The molecular formula is C22H18N4O4S2. The molecule has 0 spiro atoms. The maximum atomic E-state index is 12.4. The number of benzene rings is 2. The van der Waals surface area contributed by atoms with Crippen LogP contribution in [-0.2, 0) is 6.54 Å². The largest absolute Gasteiger partial charge is 0.507 e. The molecule has 0 bridgehead atoms. The normalized spacial score (nSPS) is 10.7. The van der Waals surface area contributed by atoms with Gasteiger partial charge in [-0.05, 0) is 36.8 Å². The van der Waals surface area contributed by atoms with Gasteiger partial charge in [0.15, 0.2) is 10.3 Å². The Hall–Kier alpha value is -3.76. The smallest absolute Gasteiger partial charge is 0.339 e. The van der Waals surface area contributed by atoms with E-state index in [2.05, 4.69) is 20.6 Å². The van der Waals surface area contributed by atoms with Crippen LogP contribution in [0.5, 0.6) is 5.75 Å². The molecule has 0 aliphatic heterocycles. The lowest BCUT2D eigenvalue weighted by molar-refractivity contribution is 0.0693. The van der Waals surface area contributed by atoms with Crippen molar-refractivity contribution in [2.24, 2.45) is 0 Å². The number of thiazole rings is 2. The summed E-state index contributed by atoms with van der Waals surface area (Å²) in [6.45, 7) is 2.24. The first kappa shape index (κ1) is 21.5. The van der Waals surface area contributed by atoms with Crippen molar-refractivity contribution in [2.75, 3.05) is 10.6 Å². The maximum absolute atomic E-state index is 12.4. The lowest BCUT2D eigenvalue weighted by Gasteiger charge is -2.05. The molecular weight excluding hydrogens is 448 g/mol. The number of hydrogen-bond donors (Lipinski definition) is 4. The summed E-state index contributed by atoms with van der Waals surface area (Å²) in [5.41, 5.74) is 2.66. The van der Waals surface area contributed by atoms with Gasteiger partial charge in [-0.25, -0.2) is 14.8 Å². The second-order valence-electron chi connectivity index (χ2n) is 6.80. The molecule has 2 aromatic carbocycles. The van der Waals surface area contributed by atoms with Crippen LogP contribution >= 0.6 is 22.7 Å². The summed E-state index contributed by atoms with van der Waals surface area (Å²) in [4.78, 5) is 33.2. The number of aromatic carboxylic acids is 1. The summed E-state index contributed by atoms with van der Waals surface area (Å²) < 4.78 is 0. The van der Waals surface area contributed by atoms with Gasteiger partial charge >= 0.3 is 5.97 Å². The van der Waals surface area contributed by atoms with E-state index in [1.165, 1.54) is 34.8 Å². The number of aromatic nitrogens is 2. The predicted octanol–water partition coefficient (Wildman–Crippen LogP) is 4.84. The van der Waals surface area contributed by atoms with Gasteiger partial charge in [-0.15, -0.1) is 11.3 Å². The molecule has 10 heteroatoms. The molecule has 0 saturated carbocycles. The number of carboxylic acids is 1. The van der Waals surface area contributed by atoms with Crippen molar-refractivity contribution < 1.29 is 19.8 Å². The molecule has 8 nitrogen and oxygen atoms in total. The van der Waals surface area contributed by atoms with Gasteiger partial charge in [0.1, 0.15) is 11.3 Å². The van der Waals surface area contributed by atoms with Crippen LogP contribution in [-0.4, -0.2) is 32.1 Å². The minimum Gasteiger partial charge on any atom is -0.507 e. The lowest BCUT2D eigenvalue weighted by atomic mass is 10.1. The highest BCUT2D eigenvalue weighted by molar-refractivity contribution is 7.20. The van der Waals surface area contributed by atoms with Crippen molar-refractivity contribution in [3.05, 3.63) is 76.3 Å². The van der Waals surface area contributed by atoms with Crippen LogP contribution in [0.15, 0.2) is 53.9 Å². The molecule has 2 aromatic heterocycles. The van der Waals surface area contributed by atoms with Gasteiger partial charge < -0.3 is 15.5 Å². The Bertz CT molecular complexity index is 1280. The van der Waals surface area contributed by atoms with E-state index in [9.17, 15) is 14.7 Å². The summed E-state index contributed by atoms with van der Waals surface area (Å²) in [5.74, 6) is -1.67. The summed E-state index contributed by atoms with van der Waals surface area (Å²) in [6, 6.07) is 13.4. The van der Waals surface area contributed by atoms with Gasteiger partial charge in [-0.3, -0.25) is 10.1 Å². The fraction of sp³-hybridized carbons (Fsp3) is 0.0909. The number of hydrogen-bond acceptors (Lipinski definition) is 8. The van der Waals surface area contributed by atoms with E-state index < -0.39 is 5.97 Å². The third kappa shape index (κ3) is 4.76. The predicted molar refractivity (Wildman–Crippen MR) is 125 cm³/mol. The van der Waals surface area contributed by atoms with E-state index in [-0.39, 0.29) is 17.2 Å². The molecule has 4 rings (SSSR count). The monoisotopic (exact) mass is 466 g/mol. The van der Waals surface area contributed by atoms with Crippen molar-refractivity contribution in [3.63, 3.8) is 0 Å². The Morgan fingerprint density at radius 1 is 1.06 bits per heavy atom. The number of nitrogens with one attached hydrogen (secondary N) is 2. The Balaban J connectivity index is 1.43. The second kappa shape index (κ2) is 9.16. The van der Waals surface area contributed by atoms with Crippen LogP contribution < -0.4 is 10.6 Å². The van der Waals surface area contributed by atoms with Crippen LogP contribution in [0.4, 0.5) is 10.3 Å². The van der Waals surface area contributed by atoms with Gasteiger partial charge in [-0.1, -0.05) is 35.6 Å². The number of amides is 1. The van der Waals surface area contributed by atoms with Crippen LogP contribution in [0.25, 0.3) is 10.6 Å². The Morgan fingerprint density at radius 3 is 2.56 bits per heavy atom. The van der Waals surface area contributed by atoms with E-state index in [1.54, 1.807) is 30.3 Å². The van der Waals surface area contributed by atoms with Crippen molar-refractivity contribution in [1.29, 1.82) is 0 Å². The molecule has 4 N–H and O–H groups in total. The Kier molecular flexibility index (Phi) is 6.15. The third-order valence-corrected chi connectivity index (χ3v) is 6.42. The first-order valence-electron chi connectivity index (χ1n) is 9.49. The molecule has 0 fully saturated rings. The molecule has 1 amide bonds. The molecule has 162 valence electrons. The lowest BCUT2D eigenvalue weighted by Crippen LogP contribution is -2.11. The first-order valence-corrected chi connectivity index (χ1v) is 11.2. The molecule has 4 aromatic rings. The average molecular weight is 467 g/mol. The van der Waals surface area contributed by atoms with Gasteiger partial charge in [0.2, 0.25) is 0 Å². The highest BCUT2D eigenvalue weighted by atomic mass is 32.1. The quantitative estimate of drug-likeness (QED) is 0.307. The zero-order valence-electron chi connectivity index (χ0n) is 16.8. The number of aryl methyl sites for hydroxylation is 1. The van der Waals surface area contributed by atoms with E-state index in [4.69, 9.17) is 5.11 Å². The topological polar surface area (TPSA) is 124 Å². The number of rotatable bonds is 7. The van der Waals surface area contributed by atoms with Crippen LogP contribution in [0.1, 0.15) is 32.0 Å². The number of anilines is 2. The summed E-state index contributed by atoms with van der Waals surface area (Å²) >= 11 is 2.77. The van der Waals surface area contributed by atoms with Crippen LogP contribution in [0.2, 0.25) is 0 Å². The number of carbonyl (C=O) groups is 2. The van der Waals surface area contributed by atoms with Gasteiger partial charge in [0, 0.05) is 17.5 Å². The Labute approximate surface area is 191 Å². The van der Waals surface area contributed by atoms with Gasteiger partial charge in [0.05, 0.1) is 16.3 Å². The van der Waals surface area contributed by atoms with Crippen LogP contribution in [0.3, 0.4) is 0 Å². The molecule has 0 saturated heterocycles.